The molecule has 0 N–H and O–H groups in total. The van der Waals surface area contributed by atoms with Crippen LogP contribution in [-0.2, 0) is 43.6 Å². The first-order valence-corrected chi connectivity index (χ1v) is 16.8. The average molecular weight is 691 g/mol. The number of hydrogen-bond acceptors (Lipinski definition) is 9. The Morgan fingerprint density at radius 3 is 1.33 bits per heavy atom. The fraction of sp³-hybridized carbons (Fsp3) is 0.262. The molecule has 6 rings (SSSR count). The molecule has 5 aromatic carbocycles. The number of carbonyl (C=O) groups is 1. The lowest BCUT2D eigenvalue weighted by molar-refractivity contribution is -0.270. The van der Waals surface area contributed by atoms with Crippen LogP contribution in [0.15, 0.2) is 140 Å². The summed E-state index contributed by atoms with van der Waals surface area (Å²) in [6.45, 7) is 0.333. The van der Waals surface area contributed by atoms with Gasteiger partial charge in [0.1, 0.15) is 48.4 Å². The third kappa shape index (κ3) is 9.46. The molecule has 1 aliphatic heterocycles. The fourth-order valence-corrected chi connectivity index (χ4v) is 5.80. The summed E-state index contributed by atoms with van der Waals surface area (Å²) in [4.78, 5) is 14.2. The SMILES string of the molecule is COc1ccc(OCC2(COc3ccc(OC)cc3)OC(=O)[C@H](OCc3ccccc3)[C@@H](OCc3ccccc3)[C@@H]2OCc2ccccc2)cc1. The van der Waals surface area contributed by atoms with E-state index in [0.29, 0.717) is 23.0 Å². The van der Waals surface area contributed by atoms with Crippen LogP contribution in [0.2, 0.25) is 0 Å². The van der Waals surface area contributed by atoms with Crippen LogP contribution in [0.4, 0.5) is 0 Å². The van der Waals surface area contributed by atoms with Crippen molar-refractivity contribution in [2.24, 2.45) is 0 Å². The molecule has 0 aliphatic carbocycles. The van der Waals surface area contributed by atoms with Gasteiger partial charge in [0.15, 0.2) is 6.10 Å². The van der Waals surface area contributed by atoms with E-state index in [2.05, 4.69) is 0 Å². The van der Waals surface area contributed by atoms with Gasteiger partial charge in [0, 0.05) is 0 Å². The molecule has 9 nitrogen and oxygen atoms in total. The first-order valence-electron chi connectivity index (χ1n) is 16.8. The van der Waals surface area contributed by atoms with Crippen LogP contribution < -0.4 is 18.9 Å². The van der Waals surface area contributed by atoms with Crippen molar-refractivity contribution in [2.75, 3.05) is 27.4 Å². The zero-order valence-corrected chi connectivity index (χ0v) is 28.7. The molecule has 0 amide bonds. The third-order valence-corrected chi connectivity index (χ3v) is 8.57. The summed E-state index contributed by atoms with van der Waals surface area (Å²) in [6, 6.07) is 43.5. The molecule has 0 bridgehead atoms. The fourth-order valence-electron chi connectivity index (χ4n) is 5.80. The molecule has 0 unspecified atom stereocenters. The smallest absolute Gasteiger partial charge is 0.339 e. The maximum Gasteiger partial charge on any atom is 0.339 e. The van der Waals surface area contributed by atoms with E-state index in [0.717, 1.165) is 16.7 Å². The third-order valence-electron chi connectivity index (χ3n) is 8.57. The van der Waals surface area contributed by atoms with E-state index in [1.54, 1.807) is 62.8 Å². The zero-order valence-electron chi connectivity index (χ0n) is 28.7. The Balaban J connectivity index is 1.38. The Hall–Kier alpha value is -5.35. The van der Waals surface area contributed by atoms with Crippen molar-refractivity contribution in [3.63, 3.8) is 0 Å². The number of benzene rings is 5. The Labute approximate surface area is 298 Å². The second kappa shape index (κ2) is 17.5. The van der Waals surface area contributed by atoms with Gasteiger partial charge in [0.2, 0.25) is 5.60 Å². The largest absolute Gasteiger partial charge is 0.497 e. The molecule has 0 aromatic heterocycles. The second-order valence-corrected chi connectivity index (χ2v) is 12.1. The standard InChI is InChI=1S/C42H42O9/c1-44-34-18-22-36(23-19-34)49-29-42(30-50-37-24-20-35(45-2)21-25-37)40(48-28-33-16-10-5-11-17-33)38(46-26-31-12-6-3-7-13-31)39(41(43)51-42)47-27-32-14-8-4-9-15-32/h3-25,38-40H,26-30H2,1-2H3/t38-,39-,40+/m1/s1. The molecule has 0 radical (unpaired) electrons. The summed E-state index contributed by atoms with van der Waals surface area (Å²) in [5.41, 5.74) is 1.27. The second-order valence-electron chi connectivity index (χ2n) is 12.1. The highest BCUT2D eigenvalue weighted by atomic mass is 16.7. The summed E-state index contributed by atoms with van der Waals surface area (Å²) >= 11 is 0. The molecular formula is C42H42O9. The predicted molar refractivity (Wildman–Crippen MR) is 191 cm³/mol. The van der Waals surface area contributed by atoms with E-state index in [-0.39, 0.29) is 33.0 Å². The molecule has 1 fully saturated rings. The van der Waals surface area contributed by atoms with Gasteiger partial charge >= 0.3 is 5.97 Å². The van der Waals surface area contributed by atoms with Crippen molar-refractivity contribution in [1.82, 2.24) is 0 Å². The van der Waals surface area contributed by atoms with E-state index >= 15 is 0 Å². The Kier molecular flexibility index (Phi) is 12.2. The minimum Gasteiger partial charge on any atom is -0.497 e. The van der Waals surface area contributed by atoms with E-state index in [1.165, 1.54) is 0 Å². The van der Waals surface area contributed by atoms with E-state index in [1.807, 2.05) is 91.0 Å². The van der Waals surface area contributed by atoms with Crippen LogP contribution in [0.25, 0.3) is 0 Å². The quantitative estimate of drug-likeness (QED) is 0.0939. The lowest BCUT2D eigenvalue weighted by Gasteiger charge is -2.48. The topological polar surface area (TPSA) is 90.9 Å². The highest BCUT2D eigenvalue weighted by Crippen LogP contribution is 2.36. The Morgan fingerprint density at radius 2 is 0.902 bits per heavy atom. The molecule has 1 heterocycles. The molecule has 0 spiro atoms. The summed E-state index contributed by atoms with van der Waals surface area (Å²) < 4.78 is 49.6. The molecule has 1 saturated heterocycles. The molecule has 51 heavy (non-hydrogen) atoms. The molecule has 264 valence electrons. The molecule has 0 saturated carbocycles. The number of hydrogen-bond donors (Lipinski definition) is 0. The van der Waals surface area contributed by atoms with Crippen LogP contribution in [0, 0.1) is 0 Å². The number of cyclic esters (lactones) is 1. The molecule has 5 aromatic rings. The first-order chi connectivity index (χ1) is 25.0. The minimum atomic E-state index is -1.49. The van der Waals surface area contributed by atoms with Crippen LogP contribution in [0.1, 0.15) is 16.7 Å². The van der Waals surface area contributed by atoms with Gasteiger partial charge in [-0.3, -0.25) is 0 Å². The van der Waals surface area contributed by atoms with Gasteiger partial charge < -0.3 is 37.9 Å². The van der Waals surface area contributed by atoms with Crippen molar-refractivity contribution in [1.29, 1.82) is 0 Å². The van der Waals surface area contributed by atoms with Crippen molar-refractivity contribution in [2.45, 2.75) is 43.7 Å². The highest BCUT2D eigenvalue weighted by Gasteiger charge is 2.59. The Morgan fingerprint density at radius 1 is 0.510 bits per heavy atom. The first kappa shape index (κ1) is 35.5. The number of carbonyl (C=O) groups excluding carboxylic acids is 1. The summed E-state index contributed by atoms with van der Waals surface area (Å²) in [5.74, 6) is 1.84. The van der Waals surface area contributed by atoms with E-state index in [4.69, 9.17) is 37.9 Å². The van der Waals surface area contributed by atoms with Gasteiger partial charge in [-0.1, -0.05) is 91.0 Å². The maximum absolute atomic E-state index is 14.2. The highest BCUT2D eigenvalue weighted by molar-refractivity contribution is 5.77. The average Bonchev–Trinajstić information content (AvgIpc) is 3.19. The van der Waals surface area contributed by atoms with Crippen molar-refractivity contribution in [3.05, 3.63) is 156 Å². The minimum absolute atomic E-state index is 0.114. The predicted octanol–water partition coefficient (Wildman–Crippen LogP) is 7.21. The van der Waals surface area contributed by atoms with Crippen molar-refractivity contribution in [3.8, 4) is 23.0 Å². The summed E-state index contributed by atoms with van der Waals surface area (Å²) in [5, 5.41) is 0. The number of ether oxygens (including phenoxy) is 8. The number of methoxy groups -OCH3 is 2. The van der Waals surface area contributed by atoms with Crippen molar-refractivity contribution >= 4 is 5.97 Å². The van der Waals surface area contributed by atoms with Crippen molar-refractivity contribution < 1.29 is 42.7 Å². The van der Waals surface area contributed by atoms with Gasteiger partial charge in [0.25, 0.3) is 0 Å². The van der Waals surface area contributed by atoms with Gasteiger partial charge in [-0.25, -0.2) is 4.79 Å². The monoisotopic (exact) mass is 690 g/mol. The van der Waals surface area contributed by atoms with Gasteiger partial charge in [-0.2, -0.15) is 0 Å². The van der Waals surface area contributed by atoms with Gasteiger partial charge in [-0.15, -0.1) is 0 Å². The lowest BCUT2D eigenvalue weighted by Crippen LogP contribution is -2.69. The summed E-state index contributed by atoms with van der Waals surface area (Å²) in [7, 11) is 3.20. The molecular weight excluding hydrogens is 648 g/mol. The molecule has 1 aliphatic rings. The number of rotatable bonds is 17. The summed E-state index contributed by atoms with van der Waals surface area (Å²) in [6.07, 6.45) is -2.95. The van der Waals surface area contributed by atoms with Crippen LogP contribution in [-0.4, -0.2) is 57.3 Å². The van der Waals surface area contributed by atoms with E-state index < -0.39 is 29.9 Å². The normalized spacial score (nSPS) is 18.0. The van der Waals surface area contributed by atoms with Crippen LogP contribution in [0.3, 0.4) is 0 Å². The molecule has 3 atom stereocenters. The Bertz CT molecular complexity index is 1710. The van der Waals surface area contributed by atoms with Crippen LogP contribution >= 0.6 is 0 Å². The number of esters is 1. The van der Waals surface area contributed by atoms with Gasteiger partial charge in [0.05, 0.1) is 34.0 Å². The zero-order chi connectivity index (χ0) is 35.3. The molecule has 9 heteroatoms. The lowest BCUT2D eigenvalue weighted by atomic mass is 9.87. The van der Waals surface area contributed by atoms with Gasteiger partial charge in [-0.05, 0) is 65.2 Å². The van der Waals surface area contributed by atoms with Crippen LogP contribution in [0.5, 0.6) is 23.0 Å². The maximum atomic E-state index is 14.2. The van der Waals surface area contributed by atoms with E-state index in [9.17, 15) is 4.79 Å².